The minimum Gasteiger partial charge on any atom is -0.485 e. The lowest BCUT2D eigenvalue weighted by molar-refractivity contribution is -0.113. The highest BCUT2D eigenvalue weighted by Gasteiger charge is 2.15. The molecule has 0 aliphatic carbocycles. The maximum atomic E-state index is 12.5. The fourth-order valence-electron chi connectivity index (χ4n) is 3.21. The van der Waals surface area contributed by atoms with Gasteiger partial charge in [0.15, 0.2) is 11.0 Å². The second kappa shape index (κ2) is 10.3. The van der Waals surface area contributed by atoms with Crippen molar-refractivity contribution in [3.8, 4) is 5.75 Å². The van der Waals surface area contributed by atoms with Gasteiger partial charge in [0, 0.05) is 12.2 Å². The van der Waals surface area contributed by atoms with Crippen LogP contribution < -0.4 is 10.1 Å². The van der Waals surface area contributed by atoms with Gasteiger partial charge < -0.3 is 10.1 Å². The topological polar surface area (TPSA) is 69.0 Å². The van der Waals surface area contributed by atoms with Crippen molar-refractivity contribution in [1.29, 1.82) is 0 Å². The summed E-state index contributed by atoms with van der Waals surface area (Å²) >= 11 is 1.35. The SMILES string of the molecule is C=CCn1c(COc2c(C)cccc2C)nnc1SCC(=O)Nc1cccc(C)c1C. The number of carbonyl (C=O) groups is 1. The standard InChI is InChI=1S/C24H28N4O2S/c1-6-13-28-21(14-30-23-17(3)10-7-11-18(23)4)26-27-24(28)31-15-22(29)25-20-12-8-9-16(2)19(20)5/h6-12H,1,13-15H2,2-5H3,(H,25,29). The van der Waals surface area contributed by atoms with Crippen LogP contribution in [0.2, 0.25) is 0 Å². The number of hydrogen-bond acceptors (Lipinski definition) is 5. The summed E-state index contributed by atoms with van der Waals surface area (Å²) in [4.78, 5) is 12.5. The maximum Gasteiger partial charge on any atom is 0.234 e. The molecule has 3 aromatic rings. The summed E-state index contributed by atoms with van der Waals surface area (Å²) in [6, 6.07) is 11.9. The number of anilines is 1. The van der Waals surface area contributed by atoms with E-state index in [1.54, 1.807) is 6.08 Å². The highest BCUT2D eigenvalue weighted by molar-refractivity contribution is 7.99. The molecule has 162 valence electrons. The summed E-state index contributed by atoms with van der Waals surface area (Å²) in [6.45, 7) is 12.7. The highest BCUT2D eigenvalue weighted by Crippen LogP contribution is 2.25. The number of para-hydroxylation sites is 1. The average molecular weight is 437 g/mol. The molecule has 31 heavy (non-hydrogen) atoms. The summed E-state index contributed by atoms with van der Waals surface area (Å²) < 4.78 is 7.96. The van der Waals surface area contributed by atoms with Crippen LogP contribution in [0, 0.1) is 27.7 Å². The van der Waals surface area contributed by atoms with Crippen molar-refractivity contribution in [2.45, 2.75) is 46.0 Å². The fourth-order valence-corrected chi connectivity index (χ4v) is 3.98. The number of aromatic nitrogens is 3. The lowest BCUT2D eigenvalue weighted by Crippen LogP contribution is -2.16. The Morgan fingerprint density at radius 3 is 2.48 bits per heavy atom. The minimum absolute atomic E-state index is 0.0832. The van der Waals surface area contributed by atoms with E-state index in [-0.39, 0.29) is 11.7 Å². The van der Waals surface area contributed by atoms with Crippen molar-refractivity contribution in [2.75, 3.05) is 11.1 Å². The molecular weight excluding hydrogens is 408 g/mol. The van der Waals surface area contributed by atoms with E-state index >= 15 is 0 Å². The monoisotopic (exact) mass is 436 g/mol. The van der Waals surface area contributed by atoms with Crippen molar-refractivity contribution < 1.29 is 9.53 Å². The molecule has 0 bridgehead atoms. The van der Waals surface area contributed by atoms with Crippen LogP contribution in [0.1, 0.15) is 28.1 Å². The molecule has 6 nitrogen and oxygen atoms in total. The average Bonchev–Trinajstić information content (AvgIpc) is 3.11. The van der Waals surface area contributed by atoms with Crippen LogP contribution in [0.5, 0.6) is 5.75 Å². The Morgan fingerprint density at radius 2 is 1.77 bits per heavy atom. The van der Waals surface area contributed by atoms with Gasteiger partial charge in [-0.1, -0.05) is 48.2 Å². The zero-order valence-corrected chi connectivity index (χ0v) is 19.3. The van der Waals surface area contributed by atoms with Crippen LogP contribution >= 0.6 is 11.8 Å². The Labute approximate surface area is 187 Å². The number of allylic oxidation sites excluding steroid dienone is 1. The van der Waals surface area contributed by atoms with Crippen LogP contribution in [0.3, 0.4) is 0 Å². The number of rotatable bonds is 9. The molecular formula is C24H28N4O2S. The number of amides is 1. The van der Waals surface area contributed by atoms with Crippen LogP contribution in [0.25, 0.3) is 0 Å². The van der Waals surface area contributed by atoms with Crippen LogP contribution in [0.15, 0.2) is 54.2 Å². The zero-order chi connectivity index (χ0) is 22.4. The summed E-state index contributed by atoms with van der Waals surface area (Å²) in [6.07, 6.45) is 1.78. The second-order valence-corrected chi connectivity index (χ2v) is 8.33. The molecule has 0 atom stereocenters. The molecule has 1 heterocycles. The normalized spacial score (nSPS) is 10.7. The Bertz CT molecular complexity index is 1070. The molecule has 0 aliphatic heterocycles. The largest absolute Gasteiger partial charge is 0.485 e. The maximum absolute atomic E-state index is 12.5. The number of nitrogens with zero attached hydrogens (tertiary/aromatic N) is 3. The van der Waals surface area contributed by atoms with E-state index in [4.69, 9.17) is 4.74 Å². The van der Waals surface area contributed by atoms with Crippen LogP contribution in [-0.2, 0) is 17.9 Å². The van der Waals surface area contributed by atoms with Crippen LogP contribution in [0.4, 0.5) is 5.69 Å². The first kappa shape index (κ1) is 22.6. The van der Waals surface area contributed by atoms with Gasteiger partial charge in [0.05, 0.1) is 5.75 Å². The van der Waals surface area contributed by atoms with Gasteiger partial charge in [-0.2, -0.15) is 0 Å². The van der Waals surface area contributed by atoms with Crippen molar-refractivity contribution >= 4 is 23.4 Å². The molecule has 1 aromatic heterocycles. The summed E-state index contributed by atoms with van der Waals surface area (Å²) in [5.74, 6) is 1.71. The summed E-state index contributed by atoms with van der Waals surface area (Å²) in [5.41, 5.74) is 5.20. The molecule has 1 amide bonds. The van der Waals surface area contributed by atoms with Crippen LogP contribution in [-0.4, -0.2) is 26.4 Å². The Balaban J connectivity index is 1.66. The number of thioether (sulfide) groups is 1. The first-order valence-corrected chi connectivity index (χ1v) is 11.1. The molecule has 0 saturated heterocycles. The molecule has 3 rings (SSSR count). The smallest absolute Gasteiger partial charge is 0.234 e. The second-order valence-electron chi connectivity index (χ2n) is 7.39. The van der Waals surface area contributed by atoms with Gasteiger partial charge >= 0.3 is 0 Å². The fraction of sp³-hybridized carbons (Fsp3) is 0.292. The lowest BCUT2D eigenvalue weighted by Gasteiger charge is -2.13. The van der Waals surface area contributed by atoms with Gasteiger partial charge in [0.25, 0.3) is 0 Å². The Kier molecular flexibility index (Phi) is 7.52. The molecule has 0 fully saturated rings. The molecule has 0 saturated carbocycles. The molecule has 7 heteroatoms. The summed E-state index contributed by atoms with van der Waals surface area (Å²) in [7, 11) is 0. The molecule has 0 aliphatic rings. The molecule has 0 unspecified atom stereocenters. The molecule has 0 radical (unpaired) electrons. The zero-order valence-electron chi connectivity index (χ0n) is 18.4. The van der Waals surface area contributed by atoms with Gasteiger partial charge in [-0.3, -0.25) is 9.36 Å². The number of hydrogen-bond donors (Lipinski definition) is 1. The summed E-state index contributed by atoms with van der Waals surface area (Å²) in [5, 5.41) is 12.2. The number of nitrogens with one attached hydrogen (secondary N) is 1. The van der Waals surface area contributed by atoms with E-state index in [1.807, 2.05) is 68.7 Å². The quantitative estimate of drug-likeness (QED) is 0.377. The van der Waals surface area contributed by atoms with Crippen molar-refractivity contribution in [3.63, 3.8) is 0 Å². The first-order chi connectivity index (χ1) is 14.9. The van der Waals surface area contributed by atoms with Gasteiger partial charge in [0.2, 0.25) is 5.91 Å². The Morgan fingerprint density at radius 1 is 1.10 bits per heavy atom. The van der Waals surface area contributed by atoms with Crippen molar-refractivity contribution in [3.05, 3.63) is 77.1 Å². The van der Waals surface area contributed by atoms with Gasteiger partial charge in [-0.05, 0) is 56.0 Å². The number of ether oxygens (including phenoxy) is 1. The van der Waals surface area contributed by atoms with Gasteiger partial charge in [-0.25, -0.2) is 0 Å². The third-order valence-electron chi connectivity index (χ3n) is 5.07. The third kappa shape index (κ3) is 5.55. The third-order valence-corrected chi connectivity index (χ3v) is 6.04. The minimum atomic E-state index is -0.0832. The lowest BCUT2D eigenvalue weighted by atomic mass is 10.1. The number of benzene rings is 2. The van der Waals surface area contributed by atoms with E-state index < -0.39 is 0 Å². The Hall–Kier alpha value is -3.06. The highest BCUT2D eigenvalue weighted by atomic mass is 32.2. The van der Waals surface area contributed by atoms with E-state index in [9.17, 15) is 4.79 Å². The van der Waals surface area contributed by atoms with Crippen molar-refractivity contribution in [2.24, 2.45) is 0 Å². The number of carbonyl (C=O) groups excluding carboxylic acids is 1. The van der Waals surface area contributed by atoms with E-state index in [0.29, 0.717) is 24.1 Å². The molecule has 2 aromatic carbocycles. The van der Waals surface area contributed by atoms with Gasteiger partial charge in [0.1, 0.15) is 12.4 Å². The van der Waals surface area contributed by atoms with Gasteiger partial charge in [-0.15, -0.1) is 16.8 Å². The number of aryl methyl sites for hydroxylation is 3. The molecule has 0 spiro atoms. The first-order valence-electron chi connectivity index (χ1n) is 10.1. The van der Waals surface area contributed by atoms with Crippen molar-refractivity contribution in [1.82, 2.24) is 14.8 Å². The van der Waals surface area contributed by atoms with E-state index in [2.05, 4.69) is 22.1 Å². The van der Waals surface area contributed by atoms with E-state index in [1.165, 1.54) is 11.8 Å². The predicted octanol–water partition coefficient (Wildman–Crippen LogP) is 5.01. The molecule has 1 N–H and O–H groups in total. The predicted molar refractivity (Wildman–Crippen MR) is 126 cm³/mol. The van der Waals surface area contributed by atoms with E-state index in [0.717, 1.165) is 33.7 Å².